The molecule has 3 rings (SSSR count). The number of hydrogen-bond donors (Lipinski definition) is 0. The lowest BCUT2D eigenvalue weighted by molar-refractivity contribution is 0.0746. The van der Waals surface area contributed by atoms with Gasteiger partial charge in [-0.05, 0) is 48.9 Å². The summed E-state index contributed by atoms with van der Waals surface area (Å²) in [6, 6.07) is 14.3. The first-order chi connectivity index (χ1) is 13.2. The fourth-order valence-corrected chi connectivity index (χ4v) is 4.14. The Balaban J connectivity index is 1.64. The normalized spacial score (nSPS) is 14.8. The first kappa shape index (κ1) is 20.1. The number of hydrogen-bond acceptors (Lipinski definition) is 5. The van der Waals surface area contributed by atoms with Crippen LogP contribution < -0.4 is 4.90 Å². The summed E-state index contributed by atoms with van der Waals surface area (Å²) in [5.41, 5.74) is 2.86. The molecular weight excluding hydrogens is 376 g/mol. The lowest BCUT2D eigenvalue weighted by Crippen LogP contribution is -2.48. The number of sulfone groups is 1. The number of amides is 1. The summed E-state index contributed by atoms with van der Waals surface area (Å²) in [5, 5.41) is 0. The van der Waals surface area contributed by atoms with Crippen LogP contribution in [-0.2, 0) is 15.6 Å². The quantitative estimate of drug-likeness (QED) is 0.721. The largest absolute Gasteiger partial charge is 0.368 e. The van der Waals surface area contributed by atoms with E-state index in [1.165, 1.54) is 6.26 Å². The maximum atomic E-state index is 12.8. The maximum absolute atomic E-state index is 12.8. The van der Waals surface area contributed by atoms with Crippen molar-refractivity contribution in [1.29, 1.82) is 0 Å². The highest BCUT2D eigenvalue weighted by atomic mass is 32.2. The van der Waals surface area contributed by atoms with Crippen LogP contribution in [0.25, 0.3) is 0 Å². The summed E-state index contributed by atoms with van der Waals surface area (Å²) in [6.45, 7) is 4.12. The van der Waals surface area contributed by atoms with Gasteiger partial charge in [0.05, 0.1) is 5.75 Å². The zero-order chi connectivity index (χ0) is 20.3. The molecule has 1 heterocycles. The van der Waals surface area contributed by atoms with Gasteiger partial charge in [0.1, 0.15) is 0 Å². The predicted octanol–water partition coefficient (Wildman–Crippen LogP) is 2.40. The second-order valence-corrected chi connectivity index (χ2v) is 9.29. The third kappa shape index (κ3) is 4.98. The Hall–Kier alpha value is -2.67. The summed E-state index contributed by atoms with van der Waals surface area (Å²) in [7, 11) is -3.14. The Morgan fingerprint density at radius 2 is 1.57 bits per heavy atom. The minimum absolute atomic E-state index is 0.0417. The Morgan fingerprint density at radius 3 is 2.14 bits per heavy atom. The highest BCUT2D eigenvalue weighted by Crippen LogP contribution is 2.19. The number of ketones is 1. The summed E-state index contributed by atoms with van der Waals surface area (Å²) in [4.78, 5) is 28.2. The number of carbonyl (C=O) groups excluding carboxylic acids is 2. The van der Waals surface area contributed by atoms with Crippen molar-refractivity contribution in [2.75, 3.05) is 37.3 Å². The first-order valence-corrected chi connectivity index (χ1v) is 11.2. The molecule has 2 aromatic carbocycles. The van der Waals surface area contributed by atoms with Crippen molar-refractivity contribution in [3.63, 3.8) is 0 Å². The van der Waals surface area contributed by atoms with Gasteiger partial charge in [0, 0.05) is 49.2 Å². The maximum Gasteiger partial charge on any atom is 0.253 e. The first-order valence-electron chi connectivity index (χ1n) is 9.15. The molecule has 6 nitrogen and oxygen atoms in total. The van der Waals surface area contributed by atoms with Crippen molar-refractivity contribution < 1.29 is 18.0 Å². The molecule has 28 heavy (non-hydrogen) atoms. The fraction of sp³-hybridized carbons (Fsp3) is 0.333. The number of Topliss-reactive ketones (excluding diaryl/α,β-unsaturated/α-hetero) is 1. The second-order valence-electron chi connectivity index (χ2n) is 7.15. The number of rotatable bonds is 5. The van der Waals surface area contributed by atoms with Gasteiger partial charge in [-0.15, -0.1) is 0 Å². The standard InChI is InChI=1S/C21H24N2O4S/c1-16(24)18-6-8-20(9-7-18)22-10-12-23(13-11-22)21(25)19-5-3-4-17(14-19)15-28(2,26)27/h3-9,14H,10-13,15H2,1-2H3. The second kappa shape index (κ2) is 8.14. The highest BCUT2D eigenvalue weighted by molar-refractivity contribution is 7.89. The average molecular weight is 401 g/mol. The number of anilines is 1. The van der Waals surface area contributed by atoms with Crippen LogP contribution in [0.15, 0.2) is 48.5 Å². The van der Waals surface area contributed by atoms with Gasteiger partial charge in [-0.1, -0.05) is 12.1 Å². The SMILES string of the molecule is CC(=O)c1ccc(N2CCN(C(=O)c3cccc(CS(C)(=O)=O)c3)CC2)cc1. The third-order valence-corrected chi connectivity index (χ3v) is 5.67. The zero-order valence-corrected chi connectivity index (χ0v) is 16.9. The van der Waals surface area contributed by atoms with Crippen molar-refractivity contribution in [2.45, 2.75) is 12.7 Å². The Labute approximate surface area is 165 Å². The van der Waals surface area contributed by atoms with Gasteiger partial charge in [-0.2, -0.15) is 0 Å². The van der Waals surface area contributed by atoms with Gasteiger partial charge >= 0.3 is 0 Å². The molecule has 0 aromatic heterocycles. The van der Waals surface area contributed by atoms with E-state index < -0.39 is 9.84 Å². The number of carbonyl (C=O) groups is 2. The van der Waals surface area contributed by atoms with E-state index in [4.69, 9.17) is 0 Å². The molecule has 2 aromatic rings. The number of piperazine rings is 1. The average Bonchev–Trinajstić information content (AvgIpc) is 2.66. The van der Waals surface area contributed by atoms with Crippen LogP contribution in [0.2, 0.25) is 0 Å². The Morgan fingerprint density at radius 1 is 0.929 bits per heavy atom. The van der Waals surface area contributed by atoms with Gasteiger partial charge in [0.2, 0.25) is 0 Å². The smallest absolute Gasteiger partial charge is 0.253 e. The number of nitrogens with zero attached hydrogens (tertiary/aromatic N) is 2. The molecule has 0 unspecified atom stereocenters. The predicted molar refractivity (Wildman–Crippen MR) is 110 cm³/mol. The summed E-state index contributed by atoms with van der Waals surface area (Å²) >= 11 is 0. The number of benzene rings is 2. The van der Waals surface area contributed by atoms with Crippen molar-refractivity contribution in [1.82, 2.24) is 4.90 Å². The monoisotopic (exact) mass is 400 g/mol. The van der Waals surface area contributed by atoms with E-state index in [0.717, 1.165) is 5.69 Å². The van der Waals surface area contributed by atoms with Crippen LogP contribution in [0.4, 0.5) is 5.69 Å². The molecule has 1 aliphatic heterocycles. The summed E-state index contributed by atoms with van der Waals surface area (Å²) in [5.74, 6) is -0.111. The van der Waals surface area contributed by atoms with Gasteiger partial charge < -0.3 is 9.80 Å². The minimum Gasteiger partial charge on any atom is -0.368 e. The lowest BCUT2D eigenvalue weighted by atomic mass is 10.1. The van der Waals surface area contributed by atoms with Crippen LogP contribution in [0.5, 0.6) is 0 Å². The van der Waals surface area contributed by atoms with Crippen LogP contribution in [0, 0.1) is 0 Å². The third-order valence-electron chi connectivity index (χ3n) is 4.81. The molecule has 0 aliphatic carbocycles. The van der Waals surface area contributed by atoms with Crippen LogP contribution in [0.1, 0.15) is 33.2 Å². The molecule has 1 aliphatic rings. The molecule has 0 bridgehead atoms. The van der Waals surface area contributed by atoms with E-state index in [2.05, 4.69) is 4.90 Å². The van der Waals surface area contributed by atoms with Gasteiger partial charge in [0.25, 0.3) is 5.91 Å². The lowest BCUT2D eigenvalue weighted by Gasteiger charge is -2.36. The Kier molecular flexibility index (Phi) is 5.84. The van der Waals surface area contributed by atoms with E-state index in [9.17, 15) is 18.0 Å². The van der Waals surface area contributed by atoms with Crippen molar-refractivity contribution in [2.24, 2.45) is 0 Å². The summed E-state index contributed by atoms with van der Waals surface area (Å²) < 4.78 is 23.0. The highest BCUT2D eigenvalue weighted by Gasteiger charge is 2.22. The molecule has 148 valence electrons. The van der Waals surface area contributed by atoms with Crippen molar-refractivity contribution >= 4 is 27.2 Å². The van der Waals surface area contributed by atoms with Crippen molar-refractivity contribution in [3.05, 3.63) is 65.2 Å². The molecular formula is C21H24N2O4S. The summed E-state index contributed by atoms with van der Waals surface area (Å²) in [6.07, 6.45) is 1.18. The van der Waals surface area contributed by atoms with Gasteiger partial charge in [-0.25, -0.2) is 8.42 Å². The molecule has 0 atom stereocenters. The Bertz CT molecular complexity index is 976. The molecule has 1 saturated heterocycles. The molecule has 0 radical (unpaired) electrons. The minimum atomic E-state index is -3.14. The van der Waals surface area contributed by atoms with Crippen LogP contribution in [-0.4, -0.2) is 57.4 Å². The molecule has 7 heteroatoms. The van der Waals surface area contributed by atoms with E-state index in [-0.39, 0.29) is 17.4 Å². The molecule has 0 spiro atoms. The van der Waals surface area contributed by atoms with Crippen LogP contribution >= 0.6 is 0 Å². The molecule has 0 saturated carbocycles. The fourth-order valence-electron chi connectivity index (χ4n) is 3.35. The van der Waals surface area contributed by atoms with Crippen molar-refractivity contribution in [3.8, 4) is 0 Å². The van der Waals surface area contributed by atoms with Gasteiger partial charge in [0.15, 0.2) is 15.6 Å². The van der Waals surface area contributed by atoms with Crippen LogP contribution in [0.3, 0.4) is 0 Å². The van der Waals surface area contributed by atoms with E-state index >= 15 is 0 Å². The zero-order valence-electron chi connectivity index (χ0n) is 16.1. The molecule has 1 amide bonds. The van der Waals surface area contributed by atoms with E-state index in [1.54, 1.807) is 36.1 Å². The molecule has 1 fully saturated rings. The van der Waals surface area contributed by atoms with E-state index in [0.29, 0.717) is 42.9 Å². The van der Waals surface area contributed by atoms with Gasteiger partial charge in [-0.3, -0.25) is 9.59 Å². The van der Waals surface area contributed by atoms with E-state index in [1.807, 2.05) is 24.3 Å². The topological polar surface area (TPSA) is 74.8 Å². The molecule has 0 N–H and O–H groups in total.